The van der Waals surface area contributed by atoms with E-state index in [1.807, 2.05) is 68.9 Å². The summed E-state index contributed by atoms with van der Waals surface area (Å²) in [6, 6.07) is 0. The second-order valence-corrected chi connectivity index (χ2v) is 16.4. The summed E-state index contributed by atoms with van der Waals surface area (Å²) in [6.45, 7) is 15.7. The molecule has 0 aliphatic heterocycles. The van der Waals surface area contributed by atoms with Gasteiger partial charge in [0.25, 0.3) is 0 Å². The molecule has 0 aromatic heterocycles. The molecule has 0 saturated carbocycles. The minimum Gasteiger partial charge on any atom is -0.397 e. The molecule has 146 valence electrons. The number of hydrogen-bond donors (Lipinski definition) is 0. The van der Waals surface area contributed by atoms with Crippen molar-refractivity contribution < 1.29 is 17.7 Å². The van der Waals surface area contributed by atoms with Crippen LogP contribution in [0.5, 0.6) is 0 Å². The Morgan fingerprint density at radius 1 is 0.625 bits per heavy atom. The van der Waals surface area contributed by atoms with Crippen LogP contribution in [0.2, 0.25) is 11.1 Å². The van der Waals surface area contributed by atoms with E-state index in [0.717, 1.165) is 37.9 Å². The Balaban J connectivity index is 3.81. The third-order valence-electron chi connectivity index (χ3n) is 3.04. The topological polar surface area (TPSA) is 36.9 Å². The highest BCUT2D eigenvalue weighted by molar-refractivity contribution is 9.26. The minimum absolute atomic E-state index is 0.527. The molecule has 4 nitrogen and oxygen atoms in total. The molecule has 2 atom stereocenters. The zero-order valence-electron chi connectivity index (χ0n) is 15.8. The molecule has 0 bridgehead atoms. The Kier molecular flexibility index (Phi) is 19.3. The first-order valence-corrected chi connectivity index (χ1v) is 17.0. The maximum Gasteiger partial charge on any atom is 0.325 e. The van der Waals surface area contributed by atoms with Gasteiger partial charge >= 0.3 is 18.6 Å². The molecule has 0 heterocycles. The van der Waals surface area contributed by atoms with Gasteiger partial charge in [-0.2, -0.15) is 0 Å². The van der Waals surface area contributed by atoms with Gasteiger partial charge in [-0.25, -0.2) is 0 Å². The smallest absolute Gasteiger partial charge is 0.325 e. The quantitative estimate of drug-likeness (QED) is 0.173. The standard InChI is InChI=1S/C14H34O4S4Si2/c1-7-15-23(16-8-2)13(5)11-19-21-22-20-12-14(6)24(17-9-3)18-10-4/h13-14,23-24H,7-12H2,1-6H3. The van der Waals surface area contributed by atoms with Crippen LogP contribution in [0.25, 0.3) is 0 Å². The van der Waals surface area contributed by atoms with Crippen LogP contribution in [0.1, 0.15) is 41.5 Å². The van der Waals surface area contributed by atoms with E-state index in [0.29, 0.717) is 11.1 Å². The molecule has 0 aromatic rings. The summed E-state index contributed by atoms with van der Waals surface area (Å²) in [5, 5.41) is 0. The molecule has 0 rings (SSSR count). The van der Waals surface area contributed by atoms with E-state index in [1.54, 1.807) is 0 Å². The van der Waals surface area contributed by atoms with Crippen LogP contribution in [0.3, 0.4) is 0 Å². The van der Waals surface area contributed by atoms with Crippen molar-refractivity contribution >= 4 is 59.8 Å². The lowest BCUT2D eigenvalue weighted by molar-refractivity contribution is 0.207. The molecule has 10 heteroatoms. The van der Waals surface area contributed by atoms with Crippen molar-refractivity contribution in [3.8, 4) is 0 Å². The van der Waals surface area contributed by atoms with Crippen molar-refractivity contribution in [2.45, 2.75) is 52.6 Å². The highest BCUT2D eigenvalue weighted by Gasteiger charge is 2.23. The van der Waals surface area contributed by atoms with Gasteiger partial charge < -0.3 is 17.7 Å². The molecule has 0 aliphatic rings. The first-order chi connectivity index (χ1) is 11.6. The Labute approximate surface area is 167 Å². The third-order valence-corrected chi connectivity index (χ3v) is 15.6. The zero-order valence-corrected chi connectivity index (χ0v) is 21.4. The van der Waals surface area contributed by atoms with Crippen molar-refractivity contribution in [1.29, 1.82) is 0 Å². The van der Waals surface area contributed by atoms with Crippen molar-refractivity contribution in [2.24, 2.45) is 0 Å². The molecule has 0 spiro atoms. The van der Waals surface area contributed by atoms with Gasteiger partial charge in [0, 0.05) is 49.0 Å². The van der Waals surface area contributed by atoms with Gasteiger partial charge in [0.15, 0.2) is 0 Å². The summed E-state index contributed by atoms with van der Waals surface area (Å²) in [5.74, 6) is 2.17. The molecular formula is C14H34O4S4Si2. The molecule has 24 heavy (non-hydrogen) atoms. The van der Waals surface area contributed by atoms with Gasteiger partial charge in [0.2, 0.25) is 0 Å². The van der Waals surface area contributed by atoms with E-state index in [-0.39, 0.29) is 0 Å². The first kappa shape index (κ1) is 25.7. The lowest BCUT2D eigenvalue weighted by atomic mass is 10.6. The SMILES string of the molecule is CCO[SiH](OCC)C(C)CSSSSCC(C)[SiH](OCC)OCC. The second-order valence-electron chi connectivity index (χ2n) is 5.22. The monoisotopic (exact) mass is 450 g/mol. The normalized spacial score (nSPS) is 14.5. The van der Waals surface area contributed by atoms with Crippen molar-refractivity contribution in [2.75, 3.05) is 37.9 Å². The summed E-state index contributed by atoms with van der Waals surface area (Å²) in [6.07, 6.45) is 0. The molecular weight excluding hydrogens is 417 g/mol. The van der Waals surface area contributed by atoms with Crippen LogP contribution in [0.4, 0.5) is 0 Å². The van der Waals surface area contributed by atoms with Gasteiger partial charge in [-0.3, -0.25) is 0 Å². The lowest BCUT2D eigenvalue weighted by Crippen LogP contribution is -2.29. The molecule has 0 N–H and O–H groups in total. The molecule has 0 amide bonds. The molecule has 0 fully saturated rings. The Bertz CT molecular complexity index is 245. The van der Waals surface area contributed by atoms with Crippen LogP contribution < -0.4 is 0 Å². The molecule has 0 saturated heterocycles. The number of rotatable bonds is 17. The third kappa shape index (κ3) is 12.9. The van der Waals surface area contributed by atoms with E-state index in [9.17, 15) is 0 Å². The Morgan fingerprint density at radius 3 is 1.17 bits per heavy atom. The number of hydrogen-bond acceptors (Lipinski definition) is 8. The maximum atomic E-state index is 5.78. The largest absolute Gasteiger partial charge is 0.397 e. The predicted molar refractivity (Wildman–Crippen MR) is 120 cm³/mol. The molecule has 0 aliphatic carbocycles. The predicted octanol–water partition coefficient (Wildman–Crippen LogP) is 5.03. The second kappa shape index (κ2) is 18.1. The molecule has 2 unspecified atom stereocenters. The fourth-order valence-electron chi connectivity index (χ4n) is 1.88. The van der Waals surface area contributed by atoms with Gasteiger partial charge in [-0.1, -0.05) is 35.4 Å². The van der Waals surface area contributed by atoms with Gasteiger partial charge in [-0.15, -0.1) is 0 Å². The molecule has 0 aromatic carbocycles. The van der Waals surface area contributed by atoms with E-state index in [1.165, 1.54) is 0 Å². The highest BCUT2D eigenvalue weighted by Crippen LogP contribution is 2.45. The summed E-state index contributed by atoms with van der Waals surface area (Å²) in [5.41, 5.74) is 1.05. The van der Waals surface area contributed by atoms with Crippen LogP contribution in [0, 0.1) is 0 Å². The van der Waals surface area contributed by atoms with Crippen LogP contribution in [-0.2, 0) is 17.7 Å². The average Bonchev–Trinajstić information content (AvgIpc) is 2.57. The van der Waals surface area contributed by atoms with Crippen LogP contribution >= 0.6 is 41.2 Å². The van der Waals surface area contributed by atoms with Crippen LogP contribution in [0.15, 0.2) is 0 Å². The fraction of sp³-hybridized carbons (Fsp3) is 1.00. The van der Waals surface area contributed by atoms with Crippen molar-refractivity contribution in [1.82, 2.24) is 0 Å². The summed E-state index contributed by atoms with van der Waals surface area (Å²) in [7, 11) is 4.50. The summed E-state index contributed by atoms with van der Waals surface area (Å²) < 4.78 is 23.1. The Morgan fingerprint density at radius 2 is 0.917 bits per heavy atom. The van der Waals surface area contributed by atoms with E-state index < -0.39 is 18.6 Å². The van der Waals surface area contributed by atoms with Crippen molar-refractivity contribution in [3.63, 3.8) is 0 Å². The van der Waals surface area contributed by atoms with Gasteiger partial charge in [0.1, 0.15) is 0 Å². The highest BCUT2D eigenvalue weighted by atomic mass is 33.7. The summed E-state index contributed by atoms with van der Waals surface area (Å²) >= 11 is 0. The lowest BCUT2D eigenvalue weighted by Gasteiger charge is -2.21. The van der Waals surface area contributed by atoms with Crippen molar-refractivity contribution in [3.05, 3.63) is 0 Å². The Hall–Kier alpha value is 1.67. The fourth-order valence-corrected chi connectivity index (χ4v) is 13.7. The van der Waals surface area contributed by atoms with Gasteiger partial charge in [-0.05, 0) is 47.3 Å². The zero-order chi connectivity index (χ0) is 18.2. The average molecular weight is 451 g/mol. The van der Waals surface area contributed by atoms with E-state index in [4.69, 9.17) is 17.7 Å². The summed E-state index contributed by atoms with van der Waals surface area (Å²) in [4.78, 5) is 0. The molecule has 0 radical (unpaired) electrons. The van der Waals surface area contributed by atoms with Gasteiger partial charge in [0.05, 0.1) is 0 Å². The maximum absolute atomic E-state index is 5.78. The minimum atomic E-state index is -1.51. The van der Waals surface area contributed by atoms with E-state index in [2.05, 4.69) is 13.8 Å². The first-order valence-electron chi connectivity index (χ1n) is 8.64. The van der Waals surface area contributed by atoms with E-state index >= 15 is 0 Å². The van der Waals surface area contributed by atoms with Crippen LogP contribution in [-0.4, -0.2) is 56.5 Å².